The smallest absolute Gasteiger partial charge is 0.441 e. The molecule has 0 bridgehead atoms. The summed E-state index contributed by atoms with van der Waals surface area (Å²) in [6, 6.07) is 9.06. The maximum Gasteiger partial charge on any atom is 0.441 e. The minimum absolute atomic E-state index is 0.00545. The average Bonchev–Trinajstić information content (AvgIpc) is 2.96. The minimum atomic E-state index is -0.865. The summed E-state index contributed by atoms with van der Waals surface area (Å²) in [5.41, 5.74) is 1.93. The number of aryl methyl sites for hydroxylation is 1. The highest BCUT2D eigenvalue weighted by atomic mass is 16.7. The van der Waals surface area contributed by atoms with E-state index in [4.69, 9.17) is 14.0 Å². The molecule has 7 nitrogen and oxygen atoms in total. The van der Waals surface area contributed by atoms with Crippen LogP contribution in [-0.4, -0.2) is 22.6 Å². The van der Waals surface area contributed by atoms with Gasteiger partial charge in [0.15, 0.2) is 17.3 Å². The Morgan fingerprint density at radius 1 is 1.21 bits per heavy atom. The van der Waals surface area contributed by atoms with Crippen LogP contribution in [0, 0.1) is 0 Å². The number of hydroxylamine groups is 1. The second-order valence-corrected chi connectivity index (χ2v) is 6.00. The zero-order valence-corrected chi connectivity index (χ0v) is 14.1. The van der Waals surface area contributed by atoms with Crippen molar-refractivity contribution in [1.29, 1.82) is 0 Å². The molecular formula is C17H20N2O5. The number of carbonyl (C=O) groups is 2. The van der Waals surface area contributed by atoms with Crippen molar-refractivity contribution >= 4 is 12.1 Å². The van der Waals surface area contributed by atoms with E-state index in [2.05, 4.69) is 4.98 Å². The van der Waals surface area contributed by atoms with Crippen molar-refractivity contribution in [2.75, 3.05) is 0 Å². The summed E-state index contributed by atoms with van der Waals surface area (Å²) in [6.45, 7) is 6.96. The molecular weight excluding hydrogens is 312 g/mol. The van der Waals surface area contributed by atoms with Crippen molar-refractivity contribution in [2.45, 2.75) is 39.7 Å². The summed E-state index contributed by atoms with van der Waals surface area (Å²) in [5.74, 6) is -0.135. The monoisotopic (exact) mass is 332 g/mol. The Hall–Kier alpha value is -2.83. The van der Waals surface area contributed by atoms with E-state index >= 15 is 0 Å². The zero-order valence-electron chi connectivity index (χ0n) is 14.1. The quantitative estimate of drug-likeness (QED) is 0.865. The number of nitrogens with zero attached hydrogens (tertiary/aromatic N) is 1. The van der Waals surface area contributed by atoms with E-state index in [1.807, 2.05) is 30.6 Å². The Kier molecular flexibility index (Phi) is 5.23. The molecule has 1 heterocycles. The lowest BCUT2D eigenvalue weighted by Crippen LogP contribution is -2.34. The first kappa shape index (κ1) is 17.5. The van der Waals surface area contributed by atoms with Gasteiger partial charge in [-0.2, -0.15) is 0 Å². The largest absolute Gasteiger partial charge is 0.442 e. The number of hydrogen-bond donors (Lipinski definition) is 1. The number of hydrogen-bond acceptors (Lipinski definition) is 6. The van der Waals surface area contributed by atoms with Crippen LogP contribution in [0.3, 0.4) is 0 Å². The minimum Gasteiger partial charge on any atom is -0.442 e. The summed E-state index contributed by atoms with van der Waals surface area (Å²) in [7, 11) is 0. The second kappa shape index (κ2) is 7.16. The number of amides is 1. The van der Waals surface area contributed by atoms with E-state index < -0.39 is 17.7 Å². The van der Waals surface area contributed by atoms with Crippen LogP contribution >= 0.6 is 0 Å². The molecule has 0 aliphatic rings. The summed E-state index contributed by atoms with van der Waals surface area (Å²) in [4.78, 5) is 32.7. The lowest BCUT2D eigenvalue weighted by atomic mass is 10.1. The number of oxazole rings is 1. The van der Waals surface area contributed by atoms with Crippen LogP contribution in [0.5, 0.6) is 0 Å². The summed E-state index contributed by atoms with van der Waals surface area (Å²) < 4.78 is 10.6. The predicted octanol–water partition coefficient (Wildman–Crippen LogP) is 3.50. The first-order valence-corrected chi connectivity index (χ1v) is 7.55. The van der Waals surface area contributed by atoms with E-state index in [-0.39, 0.29) is 5.69 Å². The first-order chi connectivity index (χ1) is 11.3. The lowest BCUT2D eigenvalue weighted by Gasteiger charge is -2.19. The Labute approximate surface area is 139 Å². The van der Waals surface area contributed by atoms with Gasteiger partial charge in [-0.1, -0.05) is 37.3 Å². The molecule has 0 radical (unpaired) electrons. The Balaban J connectivity index is 2.15. The molecule has 0 saturated carbocycles. The van der Waals surface area contributed by atoms with E-state index in [1.165, 1.54) is 0 Å². The zero-order chi connectivity index (χ0) is 17.7. The fourth-order valence-electron chi connectivity index (χ4n) is 1.87. The van der Waals surface area contributed by atoms with E-state index in [0.29, 0.717) is 23.6 Å². The standard InChI is InChI=1S/C17H20N2O5/c1-5-12-18-13(14(22-12)11-9-7-6-8-10-11)15(20)24-19-16(21)23-17(2,3)4/h6-10H,5H2,1-4H3,(H,19,21). The number of rotatable bonds is 3. The molecule has 0 aliphatic heterocycles. The van der Waals surface area contributed by atoms with Gasteiger partial charge in [-0.25, -0.2) is 14.6 Å². The van der Waals surface area contributed by atoms with Crippen LogP contribution in [0.15, 0.2) is 34.7 Å². The first-order valence-electron chi connectivity index (χ1n) is 7.55. The molecule has 1 aromatic carbocycles. The Morgan fingerprint density at radius 2 is 1.88 bits per heavy atom. The average molecular weight is 332 g/mol. The fourth-order valence-corrected chi connectivity index (χ4v) is 1.87. The van der Waals surface area contributed by atoms with Crippen molar-refractivity contribution in [3.05, 3.63) is 41.9 Å². The predicted molar refractivity (Wildman–Crippen MR) is 86.1 cm³/mol. The van der Waals surface area contributed by atoms with Crippen LogP contribution in [0.25, 0.3) is 11.3 Å². The molecule has 0 spiro atoms. The van der Waals surface area contributed by atoms with Gasteiger partial charge in [-0.05, 0) is 20.8 Å². The van der Waals surface area contributed by atoms with Gasteiger partial charge >= 0.3 is 12.1 Å². The molecule has 1 amide bonds. The van der Waals surface area contributed by atoms with Gasteiger partial charge in [0.1, 0.15) is 5.60 Å². The van der Waals surface area contributed by atoms with Crippen LogP contribution in [-0.2, 0) is 16.0 Å². The molecule has 0 fully saturated rings. The molecule has 2 aromatic rings. The fraction of sp³-hybridized carbons (Fsp3) is 0.353. The maximum atomic E-state index is 12.2. The number of aromatic nitrogens is 1. The molecule has 24 heavy (non-hydrogen) atoms. The van der Waals surface area contributed by atoms with Crippen LogP contribution in [0.2, 0.25) is 0 Å². The number of ether oxygens (including phenoxy) is 1. The molecule has 1 aromatic heterocycles. The third kappa shape index (κ3) is 4.58. The van der Waals surface area contributed by atoms with Crippen molar-refractivity contribution in [1.82, 2.24) is 10.5 Å². The normalized spacial score (nSPS) is 11.0. The van der Waals surface area contributed by atoms with Gasteiger partial charge in [0.25, 0.3) is 0 Å². The third-order valence-electron chi connectivity index (χ3n) is 2.83. The molecule has 0 atom stereocenters. The highest BCUT2D eigenvalue weighted by Gasteiger charge is 2.24. The second-order valence-electron chi connectivity index (χ2n) is 6.00. The Bertz CT molecular complexity index is 716. The molecule has 0 unspecified atom stereocenters. The van der Waals surface area contributed by atoms with E-state index in [0.717, 1.165) is 0 Å². The topological polar surface area (TPSA) is 90.7 Å². The number of benzene rings is 1. The van der Waals surface area contributed by atoms with Gasteiger partial charge in [0, 0.05) is 12.0 Å². The van der Waals surface area contributed by atoms with E-state index in [1.54, 1.807) is 32.9 Å². The van der Waals surface area contributed by atoms with Gasteiger partial charge in [-0.15, -0.1) is 5.48 Å². The van der Waals surface area contributed by atoms with Crippen molar-refractivity contribution < 1.29 is 23.6 Å². The molecule has 0 aliphatic carbocycles. The molecule has 1 N–H and O–H groups in total. The lowest BCUT2D eigenvalue weighted by molar-refractivity contribution is -0.00161. The summed E-state index contributed by atoms with van der Waals surface area (Å²) in [6.07, 6.45) is -0.344. The number of carbonyl (C=O) groups excluding carboxylic acids is 2. The molecule has 128 valence electrons. The van der Waals surface area contributed by atoms with Crippen LogP contribution in [0.1, 0.15) is 44.1 Å². The van der Waals surface area contributed by atoms with Crippen molar-refractivity contribution in [3.63, 3.8) is 0 Å². The van der Waals surface area contributed by atoms with Crippen LogP contribution < -0.4 is 5.48 Å². The van der Waals surface area contributed by atoms with Gasteiger partial charge < -0.3 is 14.0 Å². The molecule has 0 saturated heterocycles. The van der Waals surface area contributed by atoms with Crippen molar-refractivity contribution in [2.24, 2.45) is 0 Å². The summed E-state index contributed by atoms with van der Waals surface area (Å²) >= 11 is 0. The van der Waals surface area contributed by atoms with Gasteiger partial charge in [0.2, 0.25) is 0 Å². The van der Waals surface area contributed by atoms with Gasteiger partial charge in [0.05, 0.1) is 0 Å². The van der Waals surface area contributed by atoms with Crippen molar-refractivity contribution in [3.8, 4) is 11.3 Å². The summed E-state index contributed by atoms with van der Waals surface area (Å²) in [5, 5.41) is 0. The molecule has 2 rings (SSSR count). The highest BCUT2D eigenvalue weighted by Crippen LogP contribution is 2.25. The van der Waals surface area contributed by atoms with Crippen LogP contribution in [0.4, 0.5) is 4.79 Å². The molecule has 7 heteroatoms. The van der Waals surface area contributed by atoms with E-state index in [9.17, 15) is 9.59 Å². The SMILES string of the molecule is CCc1nc(C(=O)ONC(=O)OC(C)(C)C)c(-c2ccccc2)o1. The third-order valence-corrected chi connectivity index (χ3v) is 2.83. The number of nitrogens with one attached hydrogen (secondary N) is 1. The maximum absolute atomic E-state index is 12.2. The van der Waals surface area contributed by atoms with Gasteiger partial charge in [-0.3, -0.25) is 0 Å². The highest BCUT2D eigenvalue weighted by molar-refractivity contribution is 5.94. The Morgan fingerprint density at radius 3 is 2.46 bits per heavy atom.